The molecule has 1 aromatic rings. The highest BCUT2D eigenvalue weighted by atomic mass is 16.5. The highest BCUT2D eigenvalue weighted by Crippen LogP contribution is 2.35. The molecule has 2 atom stereocenters. The van der Waals surface area contributed by atoms with Gasteiger partial charge in [0.25, 0.3) is 11.8 Å². The molecule has 2 aliphatic rings. The van der Waals surface area contributed by atoms with Crippen LogP contribution < -0.4 is 10.6 Å². The standard InChI is InChI=1S/C22H29N3O5/c1-4-14(2)16-9-5-6-10-17(16)23-19(27)15(3)30-18(26)13-25-20(28)22(24-21(25)29)11-7-8-12-22/h5-6,9-10,14-15H,4,7-8,11-13H2,1-3H3,(H,23,27)(H,24,29)/t14-,15-/m0/s1. The highest BCUT2D eigenvalue weighted by Gasteiger charge is 2.52. The van der Waals surface area contributed by atoms with Crippen LogP contribution in [0.1, 0.15) is 64.4 Å². The van der Waals surface area contributed by atoms with Crippen molar-refractivity contribution in [1.82, 2.24) is 10.2 Å². The van der Waals surface area contributed by atoms with Gasteiger partial charge in [-0.1, -0.05) is 44.9 Å². The molecule has 0 radical (unpaired) electrons. The van der Waals surface area contributed by atoms with Crippen LogP contribution in [0.5, 0.6) is 0 Å². The number of amides is 4. The number of ether oxygens (including phenoxy) is 1. The Bertz CT molecular complexity index is 847. The minimum atomic E-state index is -1.07. The van der Waals surface area contributed by atoms with Gasteiger partial charge in [0.1, 0.15) is 12.1 Å². The van der Waals surface area contributed by atoms with E-state index in [0.717, 1.165) is 29.7 Å². The molecule has 162 valence electrons. The van der Waals surface area contributed by atoms with E-state index in [4.69, 9.17) is 4.74 Å². The third-order valence-electron chi connectivity index (χ3n) is 6.03. The summed E-state index contributed by atoms with van der Waals surface area (Å²) < 4.78 is 5.20. The monoisotopic (exact) mass is 415 g/mol. The van der Waals surface area contributed by atoms with E-state index < -0.39 is 36.1 Å². The average Bonchev–Trinajstić information content (AvgIpc) is 3.28. The molecule has 8 nitrogen and oxygen atoms in total. The van der Waals surface area contributed by atoms with Gasteiger partial charge in [0.2, 0.25) is 0 Å². The van der Waals surface area contributed by atoms with Gasteiger partial charge in [0.15, 0.2) is 6.10 Å². The minimum Gasteiger partial charge on any atom is -0.451 e. The van der Waals surface area contributed by atoms with E-state index in [-0.39, 0.29) is 11.8 Å². The van der Waals surface area contributed by atoms with Crippen LogP contribution in [-0.2, 0) is 19.1 Å². The van der Waals surface area contributed by atoms with Gasteiger partial charge in [-0.15, -0.1) is 0 Å². The number of hydrogen-bond acceptors (Lipinski definition) is 5. The maximum Gasteiger partial charge on any atom is 0.327 e. The lowest BCUT2D eigenvalue weighted by atomic mass is 9.97. The summed E-state index contributed by atoms with van der Waals surface area (Å²) in [6.45, 7) is 5.10. The van der Waals surface area contributed by atoms with E-state index in [1.165, 1.54) is 6.92 Å². The zero-order valence-electron chi connectivity index (χ0n) is 17.7. The highest BCUT2D eigenvalue weighted by molar-refractivity contribution is 6.09. The van der Waals surface area contributed by atoms with Crippen molar-refractivity contribution in [3.05, 3.63) is 29.8 Å². The van der Waals surface area contributed by atoms with Crippen LogP contribution in [-0.4, -0.2) is 46.9 Å². The molecular formula is C22H29N3O5. The summed E-state index contributed by atoms with van der Waals surface area (Å²) in [6.07, 6.45) is 2.74. The molecule has 1 heterocycles. The molecule has 2 fully saturated rings. The number of nitrogens with zero attached hydrogens (tertiary/aromatic N) is 1. The number of urea groups is 1. The van der Waals surface area contributed by atoms with Gasteiger partial charge >= 0.3 is 12.0 Å². The van der Waals surface area contributed by atoms with Crippen molar-refractivity contribution in [3.63, 3.8) is 0 Å². The Hall–Kier alpha value is -2.90. The van der Waals surface area contributed by atoms with Crippen LogP contribution >= 0.6 is 0 Å². The first-order valence-electron chi connectivity index (χ1n) is 10.5. The molecule has 1 saturated heterocycles. The van der Waals surface area contributed by atoms with Gasteiger partial charge in [0.05, 0.1) is 0 Å². The second-order valence-electron chi connectivity index (χ2n) is 8.13. The van der Waals surface area contributed by atoms with Crippen LogP contribution in [0.4, 0.5) is 10.5 Å². The molecule has 3 rings (SSSR count). The maximum atomic E-state index is 12.6. The SMILES string of the molecule is CC[C@H](C)c1ccccc1NC(=O)[C@H](C)OC(=O)CN1C(=O)NC2(CCCC2)C1=O. The number of hydrogen-bond donors (Lipinski definition) is 2. The predicted octanol–water partition coefficient (Wildman–Crippen LogP) is 2.93. The van der Waals surface area contributed by atoms with E-state index in [0.29, 0.717) is 18.5 Å². The maximum absolute atomic E-state index is 12.6. The summed E-state index contributed by atoms with van der Waals surface area (Å²) in [7, 11) is 0. The van der Waals surface area contributed by atoms with Crippen molar-refractivity contribution in [1.29, 1.82) is 0 Å². The molecule has 1 aromatic carbocycles. The number of anilines is 1. The van der Waals surface area contributed by atoms with Crippen molar-refractivity contribution >= 4 is 29.5 Å². The summed E-state index contributed by atoms with van der Waals surface area (Å²) in [5.41, 5.74) is 0.810. The molecule has 1 saturated carbocycles. The van der Waals surface area contributed by atoms with Crippen LogP contribution in [0.25, 0.3) is 0 Å². The number of nitrogens with one attached hydrogen (secondary N) is 2. The molecule has 4 amide bonds. The van der Waals surface area contributed by atoms with Crippen molar-refractivity contribution in [2.75, 3.05) is 11.9 Å². The number of carbonyl (C=O) groups is 4. The Morgan fingerprint density at radius 3 is 2.53 bits per heavy atom. The Labute approximate surface area is 176 Å². The minimum absolute atomic E-state index is 0.266. The average molecular weight is 415 g/mol. The summed E-state index contributed by atoms with van der Waals surface area (Å²) >= 11 is 0. The first-order chi connectivity index (χ1) is 14.3. The Morgan fingerprint density at radius 2 is 1.87 bits per heavy atom. The van der Waals surface area contributed by atoms with Crippen molar-refractivity contribution in [2.24, 2.45) is 0 Å². The number of para-hydroxylation sites is 1. The largest absolute Gasteiger partial charge is 0.451 e. The summed E-state index contributed by atoms with van der Waals surface area (Å²) in [4.78, 5) is 50.5. The number of carbonyl (C=O) groups excluding carboxylic acids is 4. The lowest BCUT2D eigenvalue weighted by molar-refractivity contribution is -0.155. The van der Waals surface area contributed by atoms with Crippen molar-refractivity contribution in [2.45, 2.75) is 70.4 Å². The summed E-state index contributed by atoms with van der Waals surface area (Å²) in [6, 6.07) is 6.92. The molecule has 1 aliphatic heterocycles. The van der Waals surface area contributed by atoms with E-state index >= 15 is 0 Å². The number of esters is 1. The number of rotatable bonds is 7. The molecule has 8 heteroatoms. The number of imide groups is 1. The van der Waals surface area contributed by atoms with Crippen LogP contribution in [0.2, 0.25) is 0 Å². The third-order valence-corrected chi connectivity index (χ3v) is 6.03. The second-order valence-corrected chi connectivity index (χ2v) is 8.13. The molecule has 1 aliphatic carbocycles. The Morgan fingerprint density at radius 1 is 1.20 bits per heavy atom. The second kappa shape index (κ2) is 8.85. The first-order valence-corrected chi connectivity index (χ1v) is 10.5. The van der Waals surface area contributed by atoms with Gasteiger partial charge in [0, 0.05) is 5.69 Å². The molecule has 1 spiro atoms. The molecule has 30 heavy (non-hydrogen) atoms. The first kappa shape index (κ1) is 21.8. The lowest BCUT2D eigenvalue weighted by Gasteiger charge is -2.20. The van der Waals surface area contributed by atoms with Crippen LogP contribution in [0, 0.1) is 0 Å². The van der Waals surface area contributed by atoms with Crippen LogP contribution in [0.3, 0.4) is 0 Å². The molecule has 2 N–H and O–H groups in total. The van der Waals surface area contributed by atoms with Crippen molar-refractivity contribution in [3.8, 4) is 0 Å². The van der Waals surface area contributed by atoms with Gasteiger partial charge in [-0.2, -0.15) is 0 Å². The van der Waals surface area contributed by atoms with E-state index in [2.05, 4.69) is 24.5 Å². The molecule has 0 unspecified atom stereocenters. The Balaban J connectivity index is 1.58. The van der Waals surface area contributed by atoms with Crippen LogP contribution in [0.15, 0.2) is 24.3 Å². The van der Waals surface area contributed by atoms with Gasteiger partial charge in [-0.05, 0) is 43.7 Å². The zero-order chi connectivity index (χ0) is 21.9. The molecular weight excluding hydrogens is 386 g/mol. The zero-order valence-corrected chi connectivity index (χ0v) is 17.7. The van der Waals surface area contributed by atoms with E-state index in [1.807, 2.05) is 24.3 Å². The third kappa shape index (κ3) is 4.32. The molecule has 0 aromatic heterocycles. The van der Waals surface area contributed by atoms with Gasteiger partial charge in [-0.3, -0.25) is 19.3 Å². The summed E-state index contributed by atoms with van der Waals surface area (Å²) in [5, 5.41) is 5.52. The lowest BCUT2D eigenvalue weighted by Crippen LogP contribution is -2.44. The topological polar surface area (TPSA) is 105 Å². The van der Waals surface area contributed by atoms with E-state index in [1.54, 1.807) is 0 Å². The Kier molecular flexibility index (Phi) is 6.43. The van der Waals surface area contributed by atoms with Crippen molar-refractivity contribution < 1.29 is 23.9 Å². The van der Waals surface area contributed by atoms with E-state index in [9.17, 15) is 19.2 Å². The fourth-order valence-corrected chi connectivity index (χ4v) is 4.05. The summed E-state index contributed by atoms with van der Waals surface area (Å²) in [5.74, 6) is -1.39. The smallest absolute Gasteiger partial charge is 0.327 e. The fourth-order valence-electron chi connectivity index (χ4n) is 4.05. The normalized spacial score (nSPS) is 19.5. The van der Waals surface area contributed by atoms with Gasteiger partial charge < -0.3 is 15.4 Å². The van der Waals surface area contributed by atoms with Gasteiger partial charge in [-0.25, -0.2) is 4.79 Å². The number of benzene rings is 1. The molecule has 0 bridgehead atoms. The predicted molar refractivity (Wildman–Crippen MR) is 111 cm³/mol. The fraction of sp³-hybridized carbons (Fsp3) is 0.545. The quantitative estimate of drug-likeness (QED) is 0.526.